The van der Waals surface area contributed by atoms with Crippen molar-refractivity contribution in [2.24, 2.45) is 11.7 Å². The third-order valence-electron chi connectivity index (χ3n) is 1.23. The van der Waals surface area contributed by atoms with E-state index in [9.17, 15) is 9.59 Å². The molecule has 5 heteroatoms. The zero-order valence-electron chi connectivity index (χ0n) is 6.50. The van der Waals surface area contributed by atoms with E-state index >= 15 is 0 Å². The summed E-state index contributed by atoms with van der Waals surface area (Å²) < 4.78 is 0. The highest BCUT2D eigenvalue weighted by atomic mass is 16.4. The molecule has 0 fully saturated rings. The summed E-state index contributed by atoms with van der Waals surface area (Å²) in [5, 5.41) is 10.6. The Hall–Kier alpha value is -1.26. The van der Waals surface area contributed by atoms with E-state index in [1.165, 1.54) is 0 Å². The van der Waals surface area contributed by atoms with Crippen molar-refractivity contribution < 1.29 is 14.7 Å². The third-order valence-corrected chi connectivity index (χ3v) is 1.23. The molecule has 0 saturated heterocycles. The molecule has 0 unspecified atom stereocenters. The minimum absolute atomic E-state index is 0.167. The van der Waals surface area contributed by atoms with E-state index < -0.39 is 18.0 Å². The van der Waals surface area contributed by atoms with E-state index in [-0.39, 0.29) is 5.92 Å². The highest BCUT2D eigenvalue weighted by Gasteiger charge is 2.21. The lowest BCUT2D eigenvalue weighted by Crippen LogP contribution is -2.46. The van der Waals surface area contributed by atoms with Gasteiger partial charge in [-0.2, -0.15) is 0 Å². The van der Waals surface area contributed by atoms with Gasteiger partial charge in [-0.1, -0.05) is 13.8 Å². The molecule has 0 spiro atoms. The lowest BCUT2D eigenvalue weighted by atomic mass is 10.1. The van der Waals surface area contributed by atoms with Gasteiger partial charge in [0.2, 0.25) is 0 Å². The number of urea groups is 1. The highest BCUT2D eigenvalue weighted by Crippen LogP contribution is 2.00. The van der Waals surface area contributed by atoms with E-state index in [1.54, 1.807) is 13.8 Å². The summed E-state index contributed by atoms with van der Waals surface area (Å²) in [5.74, 6) is -1.24. The second-order valence-electron chi connectivity index (χ2n) is 2.57. The molecular formula is C6H12N2O3. The molecule has 0 aliphatic heterocycles. The van der Waals surface area contributed by atoms with Crippen LogP contribution >= 0.6 is 0 Å². The summed E-state index contributed by atoms with van der Waals surface area (Å²) in [7, 11) is 0. The molecule has 4 N–H and O–H groups in total. The summed E-state index contributed by atoms with van der Waals surface area (Å²) in [6, 6.07) is -1.71. The summed E-state index contributed by atoms with van der Waals surface area (Å²) in [5.41, 5.74) is 4.76. The van der Waals surface area contributed by atoms with Crippen molar-refractivity contribution in [3.05, 3.63) is 0 Å². The Morgan fingerprint density at radius 3 is 2.00 bits per heavy atom. The molecular weight excluding hydrogens is 148 g/mol. The van der Waals surface area contributed by atoms with Crippen molar-refractivity contribution in [2.75, 3.05) is 0 Å². The van der Waals surface area contributed by atoms with Crippen LogP contribution in [0.1, 0.15) is 13.8 Å². The van der Waals surface area contributed by atoms with Gasteiger partial charge in [-0.15, -0.1) is 0 Å². The first-order valence-electron chi connectivity index (χ1n) is 3.24. The zero-order chi connectivity index (χ0) is 9.02. The maximum atomic E-state index is 10.4. The van der Waals surface area contributed by atoms with Crippen LogP contribution in [0.25, 0.3) is 0 Å². The van der Waals surface area contributed by atoms with E-state index in [0.717, 1.165) is 0 Å². The molecule has 0 rings (SSSR count). The number of carbonyl (C=O) groups is 2. The number of hydrogen-bond donors (Lipinski definition) is 3. The number of hydrogen-bond acceptors (Lipinski definition) is 2. The average molecular weight is 160 g/mol. The van der Waals surface area contributed by atoms with Crippen molar-refractivity contribution in [1.29, 1.82) is 0 Å². The topological polar surface area (TPSA) is 92.4 Å². The van der Waals surface area contributed by atoms with Crippen molar-refractivity contribution in [3.63, 3.8) is 0 Å². The number of aliphatic carboxylic acids is 1. The Balaban J connectivity index is 4.12. The van der Waals surface area contributed by atoms with Crippen LogP contribution in [0.15, 0.2) is 0 Å². The molecule has 0 aliphatic carbocycles. The molecule has 0 aliphatic rings. The molecule has 0 heterocycles. The first kappa shape index (κ1) is 9.74. The van der Waals surface area contributed by atoms with Gasteiger partial charge in [-0.05, 0) is 5.92 Å². The molecule has 0 bridgehead atoms. The van der Waals surface area contributed by atoms with Gasteiger partial charge in [0.15, 0.2) is 0 Å². The number of nitrogens with two attached hydrogens (primary N) is 1. The fourth-order valence-electron chi connectivity index (χ4n) is 0.667. The predicted octanol–water partition coefficient (Wildman–Crippen LogP) is -0.236. The van der Waals surface area contributed by atoms with E-state index in [0.29, 0.717) is 0 Å². The molecule has 64 valence electrons. The van der Waals surface area contributed by atoms with Crippen LogP contribution in [-0.4, -0.2) is 23.1 Å². The minimum Gasteiger partial charge on any atom is -0.480 e. The summed E-state index contributed by atoms with van der Waals surface area (Å²) in [6.45, 7) is 3.38. The first-order chi connectivity index (χ1) is 4.95. The number of carbonyl (C=O) groups excluding carboxylic acids is 1. The van der Waals surface area contributed by atoms with Crippen molar-refractivity contribution in [3.8, 4) is 0 Å². The van der Waals surface area contributed by atoms with Crippen LogP contribution in [0, 0.1) is 5.92 Å². The molecule has 1 atom stereocenters. The number of amides is 2. The van der Waals surface area contributed by atoms with Crippen molar-refractivity contribution in [2.45, 2.75) is 19.9 Å². The second kappa shape index (κ2) is 3.80. The molecule has 0 aromatic carbocycles. The lowest BCUT2D eigenvalue weighted by molar-refractivity contribution is -0.140. The van der Waals surface area contributed by atoms with Gasteiger partial charge >= 0.3 is 12.0 Å². The van der Waals surface area contributed by atoms with Gasteiger partial charge in [0.25, 0.3) is 0 Å². The van der Waals surface area contributed by atoms with Crippen LogP contribution in [0.4, 0.5) is 4.79 Å². The number of nitrogens with one attached hydrogen (secondary N) is 1. The summed E-state index contributed by atoms with van der Waals surface area (Å²) in [6.07, 6.45) is 0. The molecule has 0 radical (unpaired) electrons. The van der Waals surface area contributed by atoms with Crippen LogP contribution in [0.2, 0.25) is 0 Å². The van der Waals surface area contributed by atoms with Crippen LogP contribution in [-0.2, 0) is 4.79 Å². The lowest BCUT2D eigenvalue weighted by Gasteiger charge is -2.15. The maximum Gasteiger partial charge on any atom is 0.326 e. The van der Waals surface area contributed by atoms with Crippen molar-refractivity contribution >= 4 is 12.0 Å². The molecule has 2 amide bonds. The van der Waals surface area contributed by atoms with Crippen LogP contribution < -0.4 is 11.1 Å². The smallest absolute Gasteiger partial charge is 0.326 e. The van der Waals surface area contributed by atoms with Gasteiger partial charge in [0.1, 0.15) is 6.04 Å². The Labute approximate surface area is 64.6 Å². The van der Waals surface area contributed by atoms with Gasteiger partial charge in [-0.3, -0.25) is 0 Å². The quantitative estimate of drug-likeness (QED) is 0.532. The van der Waals surface area contributed by atoms with Crippen LogP contribution in [0.3, 0.4) is 0 Å². The van der Waals surface area contributed by atoms with Gasteiger partial charge in [0.05, 0.1) is 0 Å². The standard InChI is InChI=1S/C6H12N2O3/c1-3(2)4(5(9)10)8-6(7)11/h3-4H,1-2H3,(H,9,10)(H3,7,8,11)/t4-/m0/s1. The molecule has 5 nitrogen and oxygen atoms in total. The SMILES string of the molecule is CC(C)[C@H](NC(N)=O)C(=O)O. The molecule has 0 aromatic heterocycles. The number of primary amides is 1. The van der Waals surface area contributed by atoms with Crippen LogP contribution in [0.5, 0.6) is 0 Å². The molecule has 0 saturated carbocycles. The normalized spacial score (nSPS) is 12.6. The minimum atomic E-state index is -1.07. The maximum absolute atomic E-state index is 10.4. The van der Waals surface area contributed by atoms with E-state index in [1.807, 2.05) is 0 Å². The summed E-state index contributed by atoms with van der Waals surface area (Å²) >= 11 is 0. The Bertz CT molecular complexity index is 167. The second-order valence-corrected chi connectivity index (χ2v) is 2.57. The zero-order valence-corrected chi connectivity index (χ0v) is 6.50. The largest absolute Gasteiger partial charge is 0.480 e. The number of carboxylic acids is 1. The number of carboxylic acid groups (broad SMARTS) is 1. The first-order valence-corrected chi connectivity index (χ1v) is 3.24. The highest BCUT2D eigenvalue weighted by molar-refractivity contribution is 5.81. The van der Waals surface area contributed by atoms with Gasteiger partial charge in [-0.25, -0.2) is 9.59 Å². The van der Waals surface area contributed by atoms with Crippen molar-refractivity contribution in [1.82, 2.24) is 5.32 Å². The van der Waals surface area contributed by atoms with Gasteiger partial charge < -0.3 is 16.2 Å². The van der Waals surface area contributed by atoms with E-state index in [4.69, 9.17) is 10.8 Å². The summed E-state index contributed by atoms with van der Waals surface area (Å²) in [4.78, 5) is 20.7. The Morgan fingerprint density at radius 2 is 1.91 bits per heavy atom. The number of rotatable bonds is 3. The predicted molar refractivity (Wildman–Crippen MR) is 39.0 cm³/mol. The molecule has 11 heavy (non-hydrogen) atoms. The van der Waals surface area contributed by atoms with E-state index in [2.05, 4.69) is 5.32 Å². The third kappa shape index (κ3) is 3.44. The fraction of sp³-hybridized carbons (Fsp3) is 0.667. The average Bonchev–Trinajstić information content (AvgIpc) is 1.81. The fourth-order valence-corrected chi connectivity index (χ4v) is 0.667. The Morgan fingerprint density at radius 1 is 1.45 bits per heavy atom. The molecule has 0 aromatic rings. The Kier molecular flexibility index (Phi) is 3.36. The monoisotopic (exact) mass is 160 g/mol. The van der Waals surface area contributed by atoms with Gasteiger partial charge in [0, 0.05) is 0 Å².